The topological polar surface area (TPSA) is 105 Å². The fourth-order valence-corrected chi connectivity index (χ4v) is 1.77. The van der Waals surface area contributed by atoms with Gasteiger partial charge in [0.15, 0.2) is 5.84 Å². The van der Waals surface area contributed by atoms with Crippen molar-refractivity contribution in [3.63, 3.8) is 0 Å². The van der Waals surface area contributed by atoms with Crippen LogP contribution in [0.15, 0.2) is 5.16 Å². The van der Waals surface area contributed by atoms with Crippen LogP contribution in [-0.2, 0) is 15.6 Å². The molecule has 0 aromatic carbocycles. The number of hydrogen-bond acceptors (Lipinski definition) is 4. The Kier molecular flexibility index (Phi) is 5.92. The second-order valence-corrected chi connectivity index (χ2v) is 4.88. The zero-order chi connectivity index (χ0) is 12.0. The molecule has 0 heterocycles. The normalized spacial score (nSPS) is 17.9. The Bertz CT molecular complexity index is 280. The molecule has 3 atom stereocenters. The molecule has 0 aromatic rings. The van der Waals surface area contributed by atoms with E-state index in [9.17, 15) is 9.00 Å². The molecule has 7 heteroatoms. The molecule has 1 amide bonds. The van der Waals surface area contributed by atoms with Gasteiger partial charge in [-0.1, -0.05) is 5.16 Å². The summed E-state index contributed by atoms with van der Waals surface area (Å²) in [6.45, 7) is 3.28. The highest BCUT2D eigenvalue weighted by molar-refractivity contribution is 7.84. The summed E-state index contributed by atoms with van der Waals surface area (Å²) in [6.07, 6.45) is 1.57. The van der Waals surface area contributed by atoms with Crippen LogP contribution in [0.1, 0.15) is 13.8 Å². The predicted molar refractivity (Wildman–Crippen MR) is 59.1 cm³/mol. The monoisotopic (exact) mass is 235 g/mol. The molecule has 6 nitrogen and oxygen atoms in total. The van der Waals surface area contributed by atoms with Gasteiger partial charge in [0.25, 0.3) is 0 Å². The number of nitrogens with two attached hydrogens (primary N) is 1. The van der Waals surface area contributed by atoms with E-state index in [1.54, 1.807) is 13.2 Å². The fraction of sp³-hybridized carbons (Fsp3) is 0.750. The van der Waals surface area contributed by atoms with E-state index < -0.39 is 16.7 Å². The van der Waals surface area contributed by atoms with E-state index >= 15 is 0 Å². The number of amidine groups is 1. The summed E-state index contributed by atoms with van der Waals surface area (Å²) in [4.78, 5) is 11.5. The van der Waals surface area contributed by atoms with E-state index in [0.717, 1.165) is 0 Å². The molecule has 0 bridgehead atoms. The van der Waals surface area contributed by atoms with Crippen LogP contribution in [0.25, 0.3) is 0 Å². The van der Waals surface area contributed by atoms with Crippen LogP contribution in [0.4, 0.5) is 0 Å². The zero-order valence-electron chi connectivity index (χ0n) is 9.06. The van der Waals surface area contributed by atoms with Crippen molar-refractivity contribution in [1.82, 2.24) is 5.32 Å². The third kappa shape index (κ3) is 5.36. The molecule has 0 rings (SSSR count). The molecule has 0 aromatic heterocycles. The maximum absolute atomic E-state index is 11.5. The largest absolute Gasteiger partial charge is 0.409 e. The Morgan fingerprint density at radius 2 is 2.13 bits per heavy atom. The van der Waals surface area contributed by atoms with Crippen molar-refractivity contribution in [3.05, 3.63) is 0 Å². The molecule has 0 spiro atoms. The molecule has 15 heavy (non-hydrogen) atoms. The molecule has 0 aliphatic rings. The van der Waals surface area contributed by atoms with Crippen LogP contribution in [0, 0.1) is 5.92 Å². The van der Waals surface area contributed by atoms with E-state index in [-0.39, 0.29) is 17.8 Å². The summed E-state index contributed by atoms with van der Waals surface area (Å²) in [7, 11) is -0.963. The van der Waals surface area contributed by atoms with Crippen LogP contribution in [0.5, 0.6) is 0 Å². The van der Waals surface area contributed by atoms with Gasteiger partial charge >= 0.3 is 0 Å². The van der Waals surface area contributed by atoms with Crippen molar-refractivity contribution in [2.75, 3.05) is 12.0 Å². The van der Waals surface area contributed by atoms with E-state index in [1.807, 2.05) is 0 Å². The minimum absolute atomic E-state index is 0.141. The highest BCUT2D eigenvalue weighted by Crippen LogP contribution is 1.96. The molecule has 0 aliphatic carbocycles. The van der Waals surface area contributed by atoms with Crippen molar-refractivity contribution in [3.8, 4) is 0 Å². The van der Waals surface area contributed by atoms with Crippen LogP contribution in [-0.4, -0.2) is 39.2 Å². The van der Waals surface area contributed by atoms with E-state index in [1.165, 1.54) is 6.92 Å². The third-order valence-corrected chi connectivity index (χ3v) is 2.80. The summed E-state index contributed by atoms with van der Waals surface area (Å²) in [5.41, 5.74) is 5.27. The van der Waals surface area contributed by atoms with Crippen LogP contribution < -0.4 is 11.1 Å². The third-order valence-electron chi connectivity index (χ3n) is 1.83. The van der Waals surface area contributed by atoms with Crippen LogP contribution >= 0.6 is 0 Å². The molecule has 88 valence electrons. The highest BCUT2D eigenvalue weighted by atomic mass is 32.2. The van der Waals surface area contributed by atoms with Gasteiger partial charge in [0.1, 0.15) is 0 Å². The lowest BCUT2D eigenvalue weighted by Gasteiger charge is -2.15. The summed E-state index contributed by atoms with van der Waals surface area (Å²) >= 11 is 0. The van der Waals surface area contributed by atoms with Gasteiger partial charge in [-0.25, -0.2) is 0 Å². The van der Waals surface area contributed by atoms with Crippen molar-refractivity contribution in [1.29, 1.82) is 0 Å². The second-order valence-electron chi connectivity index (χ2n) is 3.40. The standard InChI is InChI=1S/C8H17N3O3S/c1-5(4-15(3)14)10-8(12)6(2)7(9)11-13/h5-6,13H,4H2,1-3H3,(H2,9,11)(H,10,12). The molecular formula is C8H17N3O3S. The van der Waals surface area contributed by atoms with Gasteiger partial charge in [-0.15, -0.1) is 0 Å². The van der Waals surface area contributed by atoms with E-state index in [4.69, 9.17) is 10.9 Å². The number of nitrogens with zero attached hydrogens (tertiary/aromatic N) is 1. The Labute approximate surface area is 91.4 Å². The number of carbonyl (C=O) groups excluding carboxylic acids is 1. The van der Waals surface area contributed by atoms with Crippen molar-refractivity contribution in [2.24, 2.45) is 16.8 Å². The Morgan fingerprint density at radius 3 is 2.53 bits per heavy atom. The average Bonchev–Trinajstić information content (AvgIpc) is 2.13. The smallest absolute Gasteiger partial charge is 0.230 e. The number of carbonyl (C=O) groups is 1. The molecule has 0 radical (unpaired) electrons. The average molecular weight is 235 g/mol. The Hall–Kier alpha value is -1.11. The number of nitrogens with one attached hydrogen (secondary N) is 1. The molecule has 0 fully saturated rings. The van der Waals surface area contributed by atoms with Crippen LogP contribution in [0.2, 0.25) is 0 Å². The van der Waals surface area contributed by atoms with Gasteiger partial charge in [-0.05, 0) is 13.8 Å². The lowest BCUT2D eigenvalue weighted by atomic mass is 10.1. The zero-order valence-corrected chi connectivity index (χ0v) is 9.87. The highest BCUT2D eigenvalue weighted by Gasteiger charge is 2.19. The van der Waals surface area contributed by atoms with E-state index in [0.29, 0.717) is 5.75 Å². The molecule has 0 saturated heterocycles. The lowest BCUT2D eigenvalue weighted by Crippen LogP contribution is -2.43. The lowest BCUT2D eigenvalue weighted by molar-refractivity contribution is -0.123. The van der Waals surface area contributed by atoms with Gasteiger partial charge in [0.2, 0.25) is 5.91 Å². The number of oxime groups is 1. The number of hydrogen-bond donors (Lipinski definition) is 3. The first-order valence-corrected chi connectivity index (χ1v) is 6.19. The van der Waals surface area contributed by atoms with Crippen LogP contribution in [0.3, 0.4) is 0 Å². The molecular weight excluding hydrogens is 218 g/mol. The summed E-state index contributed by atoms with van der Waals surface area (Å²) in [5.74, 6) is -0.794. The molecule has 3 unspecified atom stereocenters. The van der Waals surface area contributed by atoms with Crippen molar-refractivity contribution >= 4 is 22.5 Å². The van der Waals surface area contributed by atoms with Gasteiger partial charge in [0.05, 0.1) is 5.92 Å². The number of rotatable bonds is 5. The maximum Gasteiger partial charge on any atom is 0.230 e. The Morgan fingerprint density at radius 1 is 1.60 bits per heavy atom. The summed E-state index contributed by atoms with van der Waals surface area (Å²) in [6, 6.07) is -0.197. The number of amides is 1. The second kappa shape index (κ2) is 6.39. The maximum atomic E-state index is 11.5. The molecule has 4 N–H and O–H groups in total. The fourth-order valence-electron chi connectivity index (χ4n) is 0.982. The first-order chi connectivity index (χ1) is 6.88. The first kappa shape index (κ1) is 13.9. The minimum Gasteiger partial charge on any atom is -0.409 e. The first-order valence-electron chi connectivity index (χ1n) is 4.46. The summed E-state index contributed by atoms with van der Waals surface area (Å²) < 4.78 is 10.9. The predicted octanol–water partition coefficient (Wildman–Crippen LogP) is -0.748. The minimum atomic E-state index is -0.963. The van der Waals surface area contributed by atoms with Gasteiger partial charge in [-0.3, -0.25) is 9.00 Å². The SMILES string of the molecule is CC(CS(C)=O)NC(=O)C(C)C(N)=NO. The van der Waals surface area contributed by atoms with Gasteiger partial charge in [-0.2, -0.15) is 0 Å². The van der Waals surface area contributed by atoms with Crippen molar-refractivity contribution in [2.45, 2.75) is 19.9 Å². The van der Waals surface area contributed by atoms with Crippen molar-refractivity contribution < 1.29 is 14.2 Å². The van der Waals surface area contributed by atoms with Gasteiger partial charge < -0.3 is 16.3 Å². The molecule has 0 saturated carbocycles. The summed E-state index contributed by atoms with van der Waals surface area (Å²) in [5, 5.41) is 13.7. The Balaban J connectivity index is 4.19. The van der Waals surface area contributed by atoms with E-state index in [2.05, 4.69) is 10.5 Å². The molecule has 0 aliphatic heterocycles. The quantitative estimate of drug-likeness (QED) is 0.252. The van der Waals surface area contributed by atoms with Gasteiger partial charge in [0, 0.05) is 28.9 Å².